The van der Waals surface area contributed by atoms with E-state index < -0.39 is 0 Å². The van der Waals surface area contributed by atoms with E-state index in [-0.39, 0.29) is 5.91 Å². The molecule has 2 heterocycles. The van der Waals surface area contributed by atoms with Crippen molar-refractivity contribution in [3.05, 3.63) is 36.2 Å². The third-order valence-electron chi connectivity index (χ3n) is 5.21. The number of likely N-dealkylation sites (tertiary alicyclic amines) is 1. The van der Waals surface area contributed by atoms with Crippen molar-refractivity contribution in [2.75, 3.05) is 6.54 Å². The van der Waals surface area contributed by atoms with E-state index in [1.165, 1.54) is 25.7 Å². The average Bonchev–Trinajstić information content (AvgIpc) is 3.31. The van der Waals surface area contributed by atoms with Crippen LogP contribution in [0, 0.1) is 5.92 Å². The highest BCUT2D eigenvalue weighted by atomic mass is 16.3. The molecule has 1 aliphatic heterocycles. The minimum absolute atomic E-state index is 0.0988. The fraction of sp³-hybridized carbons (Fsp3) is 0.474. The second kappa shape index (κ2) is 6.19. The molecule has 4 nitrogen and oxygen atoms in total. The lowest BCUT2D eigenvalue weighted by Gasteiger charge is -2.28. The van der Waals surface area contributed by atoms with Gasteiger partial charge in [-0.3, -0.25) is 4.79 Å². The summed E-state index contributed by atoms with van der Waals surface area (Å²) in [6.07, 6.45) is 10.8. The summed E-state index contributed by atoms with van der Waals surface area (Å²) < 4.78 is 5.64. The third kappa shape index (κ3) is 2.90. The highest BCUT2D eigenvalue weighted by Crippen LogP contribution is 2.35. The molecule has 4 rings (SSSR count). The monoisotopic (exact) mass is 310 g/mol. The molecule has 0 N–H and O–H groups in total. The van der Waals surface area contributed by atoms with Gasteiger partial charge in [0.05, 0.1) is 0 Å². The molecule has 4 heteroatoms. The van der Waals surface area contributed by atoms with Crippen LogP contribution >= 0.6 is 0 Å². The van der Waals surface area contributed by atoms with Gasteiger partial charge in [-0.25, -0.2) is 4.98 Å². The van der Waals surface area contributed by atoms with Crippen LogP contribution in [-0.2, 0) is 4.79 Å². The lowest BCUT2D eigenvalue weighted by atomic mass is 9.96. The van der Waals surface area contributed by atoms with E-state index in [9.17, 15) is 4.79 Å². The maximum Gasteiger partial charge on any atom is 0.247 e. The van der Waals surface area contributed by atoms with Gasteiger partial charge in [-0.2, -0.15) is 0 Å². The molecule has 0 radical (unpaired) electrons. The summed E-state index contributed by atoms with van der Waals surface area (Å²) in [5, 5.41) is 0. The number of oxazole rings is 1. The molecule has 1 saturated heterocycles. The van der Waals surface area contributed by atoms with Crippen LogP contribution in [0.4, 0.5) is 0 Å². The molecule has 1 aliphatic carbocycles. The lowest BCUT2D eigenvalue weighted by Crippen LogP contribution is -2.38. The average molecular weight is 310 g/mol. The summed E-state index contributed by atoms with van der Waals surface area (Å²) in [5.41, 5.74) is 1.58. The summed E-state index contributed by atoms with van der Waals surface area (Å²) >= 11 is 0. The van der Waals surface area contributed by atoms with Gasteiger partial charge >= 0.3 is 0 Å². The summed E-state index contributed by atoms with van der Waals surface area (Å²) in [5.74, 6) is 1.30. The summed E-state index contributed by atoms with van der Waals surface area (Å²) in [7, 11) is 0. The molecule has 1 amide bonds. The molecule has 2 aromatic rings. The molecule has 0 bridgehead atoms. The summed E-state index contributed by atoms with van der Waals surface area (Å²) in [4.78, 5) is 19.0. The molecular formula is C19H22N2O2. The van der Waals surface area contributed by atoms with Gasteiger partial charge in [-0.15, -0.1) is 0 Å². The van der Waals surface area contributed by atoms with Crippen LogP contribution < -0.4 is 0 Å². The highest BCUT2D eigenvalue weighted by molar-refractivity contribution is 5.92. The van der Waals surface area contributed by atoms with Crippen LogP contribution in [0.2, 0.25) is 0 Å². The van der Waals surface area contributed by atoms with Crippen molar-refractivity contribution < 1.29 is 9.21 Å². The van der Waals surface area contributed by atoms with Gasteiger partial charge < -0.3 is 9.32 Å². The maximum absolute atomic E-state index is 12.6. The molecule has 0 spiro atoms. The molecule has 23 heavy (non-hydrogen) atoms. The van der Waals surface area contributed by atoms with Gasteiger partial charge in [-0.1, -0.05) is 25.0 Å². The number of amides is 1. The molecule has 1 saturated carbocycles. The van der Waals surface area contributed by atoms with Crippen molar-refractivity contribution >= 4 is 23.1 Å². The fourth-order valence-corrected chi connectivity index (χ4v) is 4.10. The standard InChI is InChI=1S/C19H22N2O2/c22-19(21-13-5-9-16(21)14-6-1-2-7-14)12-11-18-20-15-8-3-4-10-17(15)23-18/h3-4,8,10-12,14,16H,1-2,5-7,9,13H2. The first kappa shape index (κ1) is 14.5. The first-order valence-electron chi connectivity index (χ1n) is 8.65. The van der Waals surface area contributed by atoms with Gasteiger partial charge in [0, 0.05) is 24.7 Å². The Morgan fingerprint density at radius 1 is 1.17 bits per heavy atom. The number of hydrogen-bond donors (Lipinski definition) is 0. The third-order valence-corrected chi connectivity index (χ3v) is 5.21. The molecule has 2 fully saturated rings. The second-order valence-corrected chi connectivity index (χ2v) is 6.64. The Hall–Kier alpha value is -2.10. The zero-order chi connectivity index (χ0) is 15.6. The first-order chi connectivity index (χ1) is 11.3. The Balaban J connectivity index is 1.47. The Bertz CT molecular complexity index is 695. The first-order valence-corrected chi connectivity index (χ1v) is 8.65. The van der Waals surface area contributed by atoms with Crippen LogP contribution in [0.1, 0.15) is 44.4 Å². The fourth-order valence-electron chi connectivity index (χ4n) is 4.10. The second-order valence-electron chi connectivity index (χ2n) is 6.64. The Kier molecular flexibility index (Phi) is 3.90. The van der Waals surface area contributed by atoms with Crippen LogP contribution in [0.5, 0.6) is 0 Å². The molecule has 1 unspecified atom stereocenters. The van der Waals surface area contributed by atoms with E-state index in [0.29, 0.717) is 17.9 Å². The quantitative estimate of drug-likeness (QED) is 0.804. The number of nitrogens with zero attached hydrogens (tertiary/aromatic N) is 2. The van der Waals surface area contributed by atoms with E-state index in [4.69, 9.17) is 4.42 Å². The molecule has 120 valence electrons. The number of aromatic nitrogens is 1. The number of fused-ring (bicyclic) bond motifs is 1. The van der Waals surface area contributed by atoms with Gasteiger partial charge in [0.25, 0.3) is 0 Å². The largest absolute Gasteiger partial charge is 0.437 e. The van der Waals surface area contributed by atoms with Gasteiger partial charge in [0.2, 0.25) is 11.8 Å². The topological polar surface area (TPSA) is 46.3 Å². The van der Waals surface area contributed by atoms with E-state index in [1.807, 2.05) is 24.3 Å². The minimum Gasteiger partial charge on any atom is -0.437 e. The van der Waals surface area contributed by atoms with Crippen molar-refractivity contribution in [1.82, 2.24) is 9.88 Å². The SMILES string of the molecule is O=C(C=Cc1nc2ccccc2o1)N1CCCC1C1CCCC1. The zero-order valence-corrected chi connectivity index (χ0v) is 13.3. The van der Waals surface area contributed by atoms with E-state index >= 15 is 0 Å². The minimum atomic E-state index is 0.0988. The van der Waals surface area contributed by atoms with Gasteiger partial charge in [0.1, 0.15) is 5.52 Å². The van der Waals surface area contributed by atoms with E-state index in [1.54, 1.807) is 12.2 Å². The lowest BCUT2D eigenvalue weighted by molar-refractivity contribution is -0.127. The molecule has 1 aromatic heterocycles. The van der Waals surface area contributed by atoms with E-state index in [2.05, 4.69) is 9.88 Å². The molecular weight excluding hydrogens is 288 g/mol. The Morgan fingerprint density at radius 2 is 2.00 bits per heavy atom. The molecule has 1 aromatic carbocycles. The Labute approximate surface area is 136 Å². The van der Waals surface area contributed by atoms with Crippen molar-refractivity contribution in [3.63, 3.8) is 0 Å². The normalized spacial score (nSPS) is 22.6. The number of benzene rings is 1. The van der Waals surface area contributed by atoms with Crippen molar-refractivity contribution in [2.45, 2.75) is 44.6 Å². The van der Waals surface area contributed by atoms with Crippen LogP contribution in [0.15, 0.2) is 34.8 Å². The molecule has 2 aliphatic rings. The van der Waals surface area contributed by atoms with Crippen LogP contribution in [0.3, 0.4) is 0 Å². The number of carbonyl (C=O) groups is 1. The number of hydrogen-bond acceptors (Lipinski definition) is 3. The van der Waals surface area contributed by atoms with Crippen LogP contribution in [0.25, 0.3) is 17.2 Å². The number of carbonyl (C=O) groups excluding carboxylic acids is 1. The van der Waals surface area contributed by atoms with Gasteiger partial charge in [-0.05, 0) is 43.7 Å². The van der Waals surface area contributed by atoms with Gasteiger partial charge in [0.15, 0.2) is 5.58 Å². The predicted molar refractivity (Wildman–Crippen MR) is 89.7 cm³/mol. The Morgan fingerprint density at radius 3 is 2.83 bits per heavy atom. The van der Waals surface area contributed by atoms with Crippen molar-refractivity contribution in [1.29, 1.82) is 0 Å². The summed E-state index contributed by atoms with van der Waals surface area (Å²) in [6.45, 7) is 0.887. The smallest absolute Gasteiger partial charge is 0.247 e. The van der Waals surface area contributed by atoms with Crippen molar-refractivity contribution in [2.24, 2.45) is 5.92 Å². The van der Waals surface area contributed by atoms with E-state index in [0.717, 1.165) is 30.5 Å². The highest BCUT2D eigenvalue weighted by Gasteiger charge is 2.34. The number of rotatable bonds is 3. The van der Waals surface area contributed by atoms with Crippen LogP contribution in [-0.4, -0.2) is 28.4 Å². The maximum atomic E-state index is 12.6. The number of para-hydroxylation sites is 2. The summed E-state index contributed by atoms with van der Waals surface area (Å²) in [6, 6.07) is 8.09. The van der Waals surface area contributed by atoms with Crippen molar-refractivity contribution in [3.8, 4) is 0 Å². The predicted octanol–water partition coefficient (Wildman–Crippen LogP) is 4.02. The zero-order valence-electron chi connectivity index (χ0n) is 13.3. The molecule has 1 atom stereocenters.